The van der Waals surface area contributed by atoms with Gasteiger partial charge in [-0.05, 0) is 23.8 Å². The Kier molecular flexibility index (Phi) is 7.42. The Labute approximate surface area is 165 Å². The second kappa shape index (κ2) is 9.57. The average molecular weight is 414 g/mol. The maximum atomic E-state index is 13.0. The molecule has 150 valence electrons. The summed E-state index contributed by atoms with van der Waals surface area (Å²) in [4.78, 5) is 23.7. The number of rotatable bonds is 7. The number of anilines is 1. The predicted octanol–water partition coefficient (Wildman–Crippen LogP) is 3.76. The Morgan fingerprint density at radius 3 is 2.36 bits per heavy atom. The molecule has 2 aromatic rings. The van der Waals surface area contributed by atoms with E-state index >= 15 is 0 Å². The van der Waals surface area contributed by atoms with Crippen LogP contribution >= 0.6 is 11.6 Å². The van der Waals surface area contributed by atoms with Gasteiger partial charge in [0.2, 0.25) is 11.8 Å². The highest BCUT2D eigenvalue weighted by Gasteiger charge is 2.33. The summed E-state index contributed by atoms with van der Waals surface area (Å²) in [6.07, 6.45) is -4.63. The van der Waals surface area contributed by atoms with Crippen LogP contribution in [-0.4, -0.2) is 24.9 Å². The highest BCUT2D eigenvalue weighted by atomic mass is 35.5. The molecule has 2 rings (SSSR count). The van der Waals surface area contributed by atoms with Gasteiger partial charge in [0.1, 0.15) is 6.04 Å². The van der Waals surface area contributed by atoms with Crippen LogP contribution in [-0.2, 0) is 15.8 Å². The van der Waals surface area contributed by atoms with E-state index in [0.717, 1.165) is 12.1 Å². The van der Waals surface area contributed by atoms with E-state index in [2.05, 4.69) is 16.0 Å². The van der Waals surface area contributed by atoms with Gasteiger partial charge in [0.25, 0.3) is 0 Å². The van der Waals surface area contributed by atoms with Gasteiger partial charge in [-0.3, -0.25) is 9.59 Å². The van der Waals surface area contributed by atoms with Crippen molar-refractivity contribution >= 4 is 29.1 Å². The Hall–Kier alpha value is -2.58. The van der Waals surface area contributed by atoms with Crippen molar-refractivity contribution in [1.82, 2.24) is 10.6 Å². The standard InChI is InChI=1S/C19H19ClF3N3O2/c1-12(27)24-9-10-25-17(13-5-3-2-4-6-13)18(28)26-14-7-8-16(20)15(11-14)19(21,22)23/h2-8,11,17,25H,9-10H2,1H3,(H,24,27)(H,26,28)/t17-/m1/s1. The SMILES string of the molecule is CC(=O)NCCN[C@@H](C(=O)Nc1ccc(Cl)c(C(F)(F)F)c1)c1ccccc1. The van der Waals surface area contributed by atoms with Crippen molar-refractivity contribution in [3.05, 3.63) is 64.7 Å². The first kappa shape index (κ1) is 21.7. The largest absolute Gasteiger partial charge is 0.417 e. The van der Waals surface area contributed by atoms with Crippen LogP contribution in [0.15, 0.2) is 48.5 Å². The lowest BCUT2D eigenvalue weighted by Gasteiger charge is -2.20. The molecule has 2 aromatic carbocycles. The average Bonchev–Trinajstić information content (AvgIpc) is 2.62. The molecule has 0 aliphatic rings. The molecular weight excluding hydrogens is 395 g/mol. The molecular formula is C19H19ClF3N3O2. The fourth-order valence-electron chi connectivity index (χ4n) is 2.50. The number of benzene rings is 2. The number of carbonyl (C=O) groups excluding carboxylic acids is 2. The topological polar surface area (TPSA) is 70.2 Å². The normalized spacial score (nSPS) is 12.3. The number of carbonyl (C=O) groups is 2. The molecule has 5 nitrogen and oxygen atoms in total. The van der Waals surface area contributed by atoms with Gasteiger partial charge in [-0.2, -0.15) is 13.2 Å². The summed E-state index contributed by atoms with van der Waals surface area (Å²) in [6, 6.07) is 11.1. The fourth-order valence-corrected chi connectivity index (χ4v) is 2.72. The van der Waals surface area contributed by atoms with E-state index in [1.807, 2.05) is 0 Å². The third-order valence-corrected chi connectivity index (χ3v) is 4.11. The number of hydrogen-bond donors (Lipinski definition) is 3. The van der Waals surface area contributed by atoms with Crippen LogP contribution in [0.25, 0.3) is 0 Å². The van der Waals surface area contributed by atoms with Gasteiger partial charge in [-0.1, -0.05) is 41.9 Å². The molecule has 9 heteroatoms. The Morgan fingerprint density at radius 2 is 1.75 bits per heavy atom. The predicted molar refractivity (Wildman–Crippen MR) is 101 cm³/mol. The van der Waals surface area contributed by atoms with Gasteiger partial charge < -0.3 is 16.0 Å². The molecule has 0 heterocycles. The Balaban J connectivity index is 2.17. The van der Waals surface area contributed by atoms with E-state index in [4.69, 9.17) is 11.6 Å². The fraction of sp³-hybridized carbons (Fsp3) is 0.263. The maximum absolute atomic E-state index is 13.0. The minimum Gasteiger partial charge on any atom is -0.355 e. The number of hydrogen-bond acceptors (Lipinski definition) is 3. The molecule has 0 saturated heterocycles. The van der Waals surface area contributed by atoms with E-state index in [-0.39, 0.29) is 11.6 Å². The summed E-state index contributed by atoms with van der Waals surface area (Å²) < 4.78 is 39.0. The molecule has 0 unspecified atom stereocenters. The van der Waals surface area contributed by atoms with Crippen LogP contribution in [0.2, 0.25) is 5.02 Å². The lowest BCUT2D eigenvalue weighted by molar-refractivity contribution is -0.137. The monoisotopic (exact) mass is 413 g/mol. The molecule has 0 bridgehead atoms. The van der Waals surface area contributed by atoms with Gasteiger partial charge >= 0.3 is 6.18 Å². The first-order chi connectivity index (χ1) is 13.2. The smallest absolute Gasteiger partial charge is 0.355 e. The van der Waals surface area contributed by atoms with E-state index in [1.54, 1.807) is 30.3 Å². The van der Waals surface area contributed by atoms with Gasteiger partial charge in [0.05, 0.1) is 10.6 Å². The van der Waals surface area contributed by atoms with Crippen LogP contribution in [0.1, 0.15) is 24.1 Å². The third-order valence-electron chi connectivity index (χ3n) is 3.78. The zero-order valence-electron chi connectivity index (χ0n) is 14.9. The highest BCUT2D eigenvalue weighted by Crippen LogP contribution is 2.36. The molecule has 2 amide bonds. The molecule has 28 heavy (non-hydrogen) atoms. The molecule has 0 aliphatic heterocycles. The summed E-state index contributed by atoms with van der Waals surface area (Å²) in [5, 5.41) is 7.63. The number of nitrogens with one attached hydrogen (secondary N) is 3. The van der Waals surface area contributed by atoms with Gasteiger partial charge in [0, 0.05) is 25.7 Å². The van der Waals surface area contributed by atoms with Crippen molar-refractivity contribution in [2.45, 2.75) is 19.1 Å². The van der Waals surface area contributed by atoms with E-state index < -0.39 is 28.7 Å². The molecule has 0 radical (unpaired) electrons. The third kappa shape index (κ3) is 6.24. The van der Waals surface area contributed by atoms with Crippen molar-refractivity contribution in [1.29, 1.82) is 0 Å². The molecule has 1 atom stereocenters. The quantitative estimate of drug-likeness (QED) is 0.605. The first-order valence-electron chi connectivity index (χ1n) is 8.39. The zero-order valence-corrected chi connectivity index (χ0v) is 15.7. The number of amides is 2. The van der Waals surface area contributed by atoms with Crippen molar-refractivity contribution in [2.24, 2.45) is 0 Å². The van der Waals surface area contributed by atoms with Crippen molar-refractivity contribution in [3.8, 4) is 0 Å². The van der Waals surface area contributed by atoms with Crippen LogP contribution in [0.5, 0.6) is 0 Å². The summed E-state index contributed by atoms with van der Waals surface area (Å²) in [5.41, 5.74) is -0.416. The summed E-state index contributed by atoms with van der Waals surface area (Å²) >= 11 is 5.61. The molecule has 0 spiro atoms. The van der Waals surface area contributed by atoms with Crippen molar-refractivity contribution < 1.29 is 22.8 Å². The Morgan fingerprint density at radius 1 is 1.07 bits per heavy atom. The molecule has 0 aliphatic carbocycles. The van der Waals surface area contributed by atoms with Gasteiger partial charge in [0.15, 0.2) is 0 Å². The molecule has 0 aromatic heterocycles. The number of halogens is 4. The van der Waals surface area contributed by atoms with Crippen LogP contribution < -0.4 is 16.0 Å². The first-order valence-corrected chi connectivity index (χ1v) is 8.76. The van der Waals surface area contributed by atoms with E-state index in [0.29, 0.717) is 18.7 Å². The highest BCUT2D eigenvalue weighted by molar-refractivity contribution is 6.31. The lowest BCUT2D eigenvalue weighted by Crippen LogP contribution is -2.37. The summed E-state index contributed by atoms with van der Waals surface area (Å²) in [5.74, 6) is -0.743. The van der Waals surface area contributed by atoms with Crippen LogP contribution in [0.4, 0.5) is 18.9 Å². The van der Waals surface area contributed by atoms with Crippen molar-refractivity contribution in [3.63, 3.8) is 0 Å². The second-order valence-corrected chi connectivity index (χ2v) is 6.37. The summed E-state index contributed by atoms with van der Waals surface area (Å²) in [7, 11) is 0. The van der Waals surface area contributed by atoms with E-state index in [1.165, 1.54) is 13.0 Å². The minimum absolute atomic E-state index is 0.0219. The van der Waals surface area contributed by atoms with E-state index in [9.17, 15) is 22.8 Å². The minimum atomic E-state index is -4.63. The van der Waals surface area contributed by atoms with Crippen LogP contribution in [0.3, 0.4) is 0 Å². The Bertz CT molecular complexity index is 829. The summed E-state index contributed by atoms with van der Waals surface area (Å²) in [6.45, 7) is 1.96. The maximum Gasteiger partial charge on any atom is 0.417 e. The lowest BCUT2D eigenvalue weighted by atomic mass is 10.1. The van der Waals surface area contributed by atoms with Crippen molar-refractivity contribution in [2.75, 3.05) is 18.4 Å². The molecule has 0 fully saturated rings. The van der Waals surface area contributed by atoms with Crippen LogP contribution in [0, 0.1) is 0 Å². The van der Waals surface area contributed by atoms with Gasteiger partial charge in [-0.25, -0.2) is 0 Å². The van der Waals surface area contributed by atoms with Gasteiger partial charge in [-0.15, -0.1) is 0 Å². The molecule has 3 N–H and O–H groups in total. The molecule has 0 saturated carbocycles. The zero-order chi connectivity index (χ0) is 20.7. The number of alkyl halides is 3. The second-order valence-electron chi connectivity index (χ2n) is 5.96.